The van der Waals surface area contributed by atoms with E-state index in [0.29, 0.717) is 6.04 Å². The molecule has 0 saturated carbocycles. The molecule has 2 aliphatic heterocycles. The van der Waals surface area contributed by atoms with Gasteiger partial charge >= 0.3 is 0 Å². The molecule has 2 saturated heterocycles. The third kappa shape index (κ3) is 1.41. The van der Waals surface area contributed by atoms with Gasteiger partial charge in [0.25, 0.3) is 0 Å². The SMILES string of the molecule is CC1(O)CN(C2CCOC2)C1. The van der Waals surface area contributed by atoms with Gasteiger partial charge in [0, 0.05) is 25.7 Å². The minimum Gasteiger partial charge on any atom is -0.388 e. The van der Waals surface area contributed by atoms with Crippen LogP contribution in [0.5, 0.6) is 0 Å². The lowest BCUT2D eigenvalue weighted by molar-refractivity contribution is -0.102. The molecule has 64 valence electrons. The zero-order chi connectivity index (χ0) is 7.90. The molecule has 2 fully saturated rings. The van der Waals surface area contributed by atoms with E-state index in [1.54, 1.807) is 0 Å². The molecule has 0 aromatic heterocycles. The van der Waals surface area contributed by atoms with E-state index in [1.807, 2.05) is 6.92 Å². The molecule has 1 unspecified atom stereocenters. The van der Waals surface area contributed by atoms with Crippen LogP contribution in [0, 0.1) is 0 Å². The van der Waals surface area contributed by atoms with Gasteiger partial charge in [0.1, 0.15) is 0 Å². The lowest BCUT2D eigenvalue weighted by Gasteiger charge is -2.47. The Hall–Kier alpha value is -0.120. The van der Waals surface area contributed by atoms with Gasteiger partial charge in [0.15, 0.2) is 0 Å². The maximum absolute atomic E-state index is 9.46. The molecule has 1 N–H and O–H groups in total. The van der Waals surface area contributed by atoms with Crippen LogP contribution in [0.1, 0.15) is 13.3 Å². The summed E-state index contributed by atoms with van der Waals surface area (Å²) in [6.45, 7) is 5.28. The molecule has 2 heterocycles. The molecule has 1 atom stereocenters. The first-order valence-electron chi connectivity index (χ1n) is 4.22. The fraction of sp³-hybridized carbons (Fsp3) is 1.00. The largest absolute Gasteiger partial charge is 0.388 e. The van der Waals surface area contributed by atoms with Crippen LogP contribution in [0.3, 0.4) is 0 Å². The monoisotopic (exact) mass is 157 g/mol. The van der Waals surface area contributed by atoms with Gasteiger partial charge in [0.2, 0.25) is 0 Å². The van der Waals surface area contributed by atoms with Crippen molar-refractivity contribution < 1.29 is 9.84 Å². The highest BCUT2D eigenvalue weighted by atomic mass is 16.5. The Morgan fingerprint density at radius 2 is 2.27 bits per heavy atom. The van der Waals surface area contributed by atoms with Gasteiger partial charge in [-0.1, -0.05) is 0 Å². The summed E-state index contributed by atoms with van der Waals surface area (Å²) in [5, 5.41) is 9.46. The molecule has 0 radical (unpaired) electrons. The van der Waals surface area contributed by atoms with E-state index in [0.717, 1.165) is 32.7 Å². The second-order valence-corrected chi connectivity index (χ2v) is 3.92. The smallest absolute Gasteiger partial charge is 0.0872 e. The summed E-state index contributed by atoms with van der Waals surface area (Å²) in [6, 6.07) is 0.579. The number of likely N-dealkylation sites (tertiary alicyclic amines) is 1. The van der Waals surface area contributed by atoms with E-state index in [2.05, 4.69) is 4.90 Å². The molecule has 2 aliphatic rings. The van der Waals surface area contributed by atoms with E-state index in [1.165, 1.54) is 0 Å². The second kappa shape index (κ2) is 2.44. The number of aliphatic hydroxyl groups is 1. The van der Waals surface area contributed by atoms with Crippen LogP contribution < -0.4 is 0 Å². The summed E-state index contributed by atoms with van der Waals surface area (Å²) < 4.78 is 5.26. The number of β-amino-alcohol motifs (C(OH)–C–C–N with tert-alkyl or cyclic N) is 1. The Balaban J connectivity index is 1.81. The van der Waals surface area contributed by atoms with E-state index in [-0.39, 0.29) is 0 Å². The number of rotatable bonds is 1. The first-order valence-corrected chi connectivity index (χ1v) is 4.22. The maximum atomic E-state index is 9.46. The molecule has 3 nitrogen and oxygen atoms in total. The minimum absolute atomic E-state index is 0.428. The van der Waals surface area contributed by atoms with Crippen molar-refractivity contribution in [1.82, 2.24) is 4.90 Å². The molecule has 0 aromatic carbocycles. The zero-order valence-corrected chi connectivity index (χ0v) is 6.92. The molecule has 2 rings (SSSR count). The van der Waals surface area contributed by atoms with Crippen LogP contribution in [0.15, 0.2) is 0 Å². The number of ether oxygens (including phenoxy) is 1. The van der Waals surface area contributed by atoms with Crippen LogP contribution in [0.25, 0.3) is 0 Å². The van der Waals surface area contributed by atoms with Crippen LogP contribution in [-0.4, -0.2) is 48.0 Å². The molecule has 0 spiro atoms. The number of nitrogens with zero attached hydrogens (tertiary/aromatic N) is 1. The predicted octanol–water partition coefficient (Wildman–Crippen LogP) is -0.158. The van der Waals surface area contributed by atoms with Crippen molar-refractivity contribution in [2.24, 2.45) is 0 Å². The van der Waals surface area contributed by atoms with Gasteiger partial charge in [0.05, 0.1) is 12.2 Å². The molecule has 0 bridgehead atoms. The third-order valence-corrected chi connectivity index (χ3v) is 2.51. The summed E-state index contributed by atoms with van der Waals surface area (Å²) in [6.07, 6.45) is 1.14. The van der Waals surface area contributed by atoms with Crippen LogP contribution >= 0.6 is 0 Å². The highest BCUT2D eigenvalue weighted by molar-refractivity contribution is 4.95. The predicted molar refractivity (Wildman–Crippen MR) is 41.4 cm³/mol. The summed E-state index contributed by atoms with van der Waals surface area (Å²) in [5.74, 6) is 0. The van der Waals surface area contributed by atoms with Gasteiger partial charge in [-0.3, -0.25) is 4.90 Å². The molecule has 0 aliphatic carbocycles. The van der Waals surface area contributed by atoms with Crippen molar-refractivity contribution in [2.75, 3.05) is 26.3 Å². The minimum atomic E-state index is -0.428. The normalized spacial score (nSPS) is 37.1. The van der Waals surface area contributed by atoms with Gasteiger partial charge in [-0.05, 0) is 13.3 Å². The summed E-state index contributed by atoms with van der Waals surface area (Å²) in [4.78, 5) is 2.30. The maximum Gasteiger partial charge on any atom is 0.0872 e. The quantitative estimate of drug-likeness (QED) is 0.574. The zero-order valence-electron chi connectivity index (χ0n) is 6.92. The van der Waals surface area contributed by atoms with Gasteiger partial charge in [-0.2, -0.15) is 0 Å². The second-order valence-electron chi connectivity index (χ2n) is 3.92. The van der Waals surface area contributed by atoms with E-state index in [9.17, 15) is 5.11 Å². The fourth-order valence-electron chi connectivity index (χ4n) is 1.90. The Morgan fingerprint density at radius 1 is 1.55 bits per heavy atom. The average Bonchev–Trinajstić information content (AvgIpc) is 2.32. The van der Waals surface area contributed by atoms with Gasteiger partial charge < -0.3 is 9.84 Å². The highest BCUT2D eigenvalue weighted by Gasteiger charge is 2.40. The van der Waals surface area contributed by atoms with E-state index >= 15 is 0 Å². The van der Waals surface area contributed by atoms with Crippen molar-refractivity contribution in [3.63, 3.8) is 0 Å². The molecule has 3 heteroatoms. The molecule has 0 aromatic rings. The first-order chi connectivity index (χ1) is 5.17. The fourth-order valence-corrected chi connectivity index (χ4v) is 1.90. The Kier molecular flexibility index (Phi) is 1.67. The van der Waals surface area contributed by atoms with Crippen LogP contribution in [-0.2, 0) is 4.74 Å². The third-order valence-electron chi connectivity index (χ3n) is 2.51. The van der Waals surface area contributed by atoms with Crippen LogP contribution in [0.4, 0.5) is 0 Å². The van der Waals surface area contributed by atoms with Crippen molar-refractivity contribution in [3.8, 4) is 0 Å². The van der Waals surface area contributed by atoms with Gasteiger partial charge in [-0.25, -0.2) is 0 Å². The lowest BCUT2D eigenvalue weighted by Crippen LogP contribution is -2.63. The topological polar surface area (TPSA) is 32.7 Å². The molecule has 11 heavy (non-hydrogen) atoms. The number of hydrogen-bond donors (Lipinski definition) is 1. The van der Waals surface area contributed by atoms with E-state index < -0.39 is 5.60 Å². The molecular weight excluding hydrogens is 142 g/mol. The van der Waals surface area contributed by atoms with E-state index in [4.69, 9.17) is 4.74 Å². The Bertz CT molecular complexity index is 144. The highest BCUT2D eigenvalue weighted by Crippen LogP contribution is 2.25. The summed E-state index contributed by atoms with van der Waals surface area (Å²) >= 11 is 0. The van der Waals surface area contributed by atoms with Crippen molar-refractivity contribution in [1.29, 1.82) is 0 Å². The molecular formula is C8H15NO2. The number of hydrogen-bond acceptors (Lipinski definition) is 3. The van der Waals surface area contributed by atoms with Gasteiger partial charge in [-0.15, -0.1) is 0 Å². The lowest BCUT2D eigenvalue weighted by atomic mass is 9.94. The standard InChI is InChI=1S/C8H15NO2/c1-8(10)5-9(6-8)7-2-3-11-4-7/h7,10H,2-6H2,1H3. The first kappa shape index (κ1) is 7.53. The molecule has 0 amide bonds. The van der Waals surface area contributed by atoms with Crippen molar-refractivity contribution in [3.05, 3.63) is 0 Å². The van der Waals surface area contributed by atoms with Crippen LogP contribution in [0.2, 0.25) is 0 Å². The Labute approximate surface area is 66.9 Å². The summed E-state index contributed by atoms with van der Waals surface area (Å²) in [5.41, 5.74) is -0.428. The Morgan fingerprint density at radius 3 is 2.73 bits per heavy atom. The summed E-state index contributed by atoms with van der Waals surface area (Å²) in [7, 11) is 0. The van der Waals surface area contributed by atoms with Crippen molar-refractivity contribution in [2.45, 2.75) is 25.0 Å². The average molecular weight is 157 g/mol. The van der Waals surface area contributed by atoms with Crippen molar-refractivity contribution >= 4 is 0 Å².